The minimum atomic E-state index is -2.93. The lowest BCUT2D eigenvalue weighted by Crippen LogP contribution is -2.41. The number of alkyl halides is 2. The first kappa shape index (κ1) is 16.8. The van der Waals surface area contributed by atoms with Gasteiger partial charge in [0.05, 0.1) is 16.8 Å². The fourth-order valence-electron chi connectivity index (χ4n) is 2.04. The van der Waals surface area contributed by atoms with Crippen LogP contribution < -0.4 is 11.2 Å². The zero-order chi connectivity index (χ0) is 16.7. The van der Waals surface area contributed by atoms with Crippen molar-refractivity contribution < 1.29 is 22.5 Å². The molecule has 1 heterocycles. The van der Waals surface area contributed by atoms with Crippen molar-refractivity contribution in [3.05, 3.63) is 23.5 Å². The Hall–Kier alpha value is -1.54. The molecule has 1 saturated heterocycles. The molecule has 0 spiro atoms. The van der Waals surface area contributed by atoms with Gasteiger partial charge in [-0.2, -0.15) is 8.78 Å². The second kappa shape index (κ2) is 5.59. The Kier molecular flexibility index (Phi) is 4.27. The third-order valence-corrected chi connectivity index (χ3v) is 4.07. The van der Waals surface area contributed by atoms with Gasteiger partial charge in [0.25, 0.3) is 0 Å². The molecule has 0 bridgehead atoms. The van der Waals surface area contributed by atoms with Crippen molar-refractivity contribution in [2.75, 3.05) is 5.73 Å². The molecule has 22 heavy (non-hydrogen) atoms. The number of nitrogens with two attached hydrogens (primary N) is 1. The highest BCUT2D eigenvalue weighted by Gasteiger charge is 2.52. The van der Waals surface area contributed by atoms with E-state index in [0.717, 1.165) is 6.21 Å². The van der Waals surface area contributed by atoms with Gasteiger partial charge in [-0.05, 0) is 33.8 Å². The number of hydrogen-bond acceptors (Lipinski definition) is 4. The summed E-state index contributed by atoms with van der Waals surface area (Å²) in [5.74, 6) is -0.775. The first-order valence-corrected chi connectivity index (χ1v) is 6.80. The van der Waals surface area contributed by atoms with Gasteiger partial charge in [0, 0.05) is 17.4 Å². The molecule has 2 rings (SSSR count). The Morgan fingerprint density at radius 2 is 1.73 bits per heavy atom. The predicted molar refractivity (Wildman–Crippen MR) is 80.1 cm³/mol. The minimum Gasteiger partial charge on any atom is -0.399 e. The first-order valence-electron chi connectivity index (χ1n) is 6.80. The van der Waals surface area contributed by atoms with E-state index in [1.54, 1.807) is 0 Å². The van der Waals surface area contributed by atoms with Crippen LogP contribution in [0.15, 0.2) is 17.1 Å². The molecule has 1 aliphatic heterocycles. The Morgan fingerprint density at radius 1 is 1.18 bits per heavy atom. The first-order chi connectivity index (χ1) is 10.0. The van der Waals surface area contributed by atoms with Crippen LogP contribution in [0.25, 0.3) is 0 Å². The summed E-state index contributed by atoms with van der Waals surface area (Å²) in [6, 6.07) is 2.84. The van der Waals surface area contributed by atoms with E-state index in [0.29, 0.717) is 0 Å². The Labute approximate surface area is 127 Å². The van der Waals surface area contributed by atoms with E-state index in [1.807, 2.05) is 27.7 Å². The van der Waals surface area contributed by atoms with E-state index in [2.05, 4.69) is 4.99 Å². The molecule has 120 valence electrons. The monoisotopic (exact) mass is 314 g/mol. The molecule has 0 aromatic heterocycles. The third kappa shape index (κ3) is 2.98. The molecule has 8 heteroatoms. The second-order valence-corrected chi connectivity index (χ2v) is 6.12. The van der Waals surface area contributed by atoms with Crippen molar-refractivity contribution >= 4 is 24.5 Å². The minimum absolute atomic E-state index is 0.0159. The van der Waals surface area contributed by atoms with Crippen LogP contribution in [0.4, 0.5) is 18.9 Å². The number of anilines is 1. The zero-order valence-electron chi connectivity index (χ0n) is 12.9. The molecule has 1 aromatic rings. The van der Waals surface area contributed by atoms with Gasteiger partial charge in [-0.3, -0.25) is 0 Å². The summed E-state index contributed by atoms with van der Waals surface area (Å²) in [4.78, 5) is 2.88. The van der Waals surface area contributed by atoms with Crippen LogP contribution in [0.1, 0.15) is 33.3 Å². The van der Waals surface area contributed by atoms with Crippen LogP contribution in [0.2, 0.25) is 0 Å². The Balaban J connectivity index is 2.40. The van der Waals surface area contributed by atoms with Gasteiger partial charge in [0.1, 0.15) is 5.82 Å². The summed E-state index contributed by atoms with van der Waals surface area (Å²) < 4.78 is 50.4. The molecule has 4 nitrogen and oxygen atoms in total. The van der Waals surface area contributed by atoms with Crippen molar-refractivity contribution in [2.24, 2.45) is 4.99 Å². The fourth-order valence-corrected chi connectivity index (χ4v) is 2.04. The van der Waals surface area contributed by atoms with Gasteiger partial charge < -0.3 is 15.0 Å². The lowest BCUT2D eigenvalue weighted by atomic mass is 9.77. The SMILES string of the molecule is CC1(C)OB(c2ccc(N)c(/C=N/C(F)F)c2F)OC1(C)C. The van der Waals surface area contributed by atoms with E-state index < -0.39 is 30.7 Å². The summed E-state index contributed by atoms with van der Waals surface area (Å²) in [6.45, 7) is 4.41. The Morgan fingerprint density at radius 3 is 2.23 bits per heavy atom. The van der Waals surface area contributed by atoms with Crippen molar-refractivity contribution in [1.29, 1.82) is 0 Å². The molecule has 2 N–H and O–H groups in total. The van der Waals surface area contributed by atoms with Gasteiger partial charge in [0.2, 0.25) is 0 Å². The molecule has 0 amide bonds. The molecule has 0 saturated carbocycles. The molecule has 0 unspecified atom stereocenters. The number of nitrogen functional groups attached to an aromatic ring is 1. The summed E-state index contributed by atoms with van der Waals surface area (Å²) in [6.07, 6.45) is 0.726. The maximum Gasteiger partial charge on any atom is 0.497 e. The molecule has 0 radical (unpaired) electrons. The number of aliphatic imine (C=N–C) groups is 1. The maximum atomic E-state index is 14.6. The normalized spacial score (nSPS) is 20.3. The summed E-state index contributed by atoms with van der Waals surface area (Å²) >= 11 is 0. The maximum absolute atomic E-state index is 14.6. The van der Waals surface area contributed by atoms with Gasteiger partial charge >= 0.3 is 13.7 Å². The van der Waals surface area contributed by atoms with E-state index >= 15 is 0 Å². The van der Waals surface area contributed by atoms with Gasteiger partial charge in [-0.1, -0.05) is 6.07 Å². The summed E-state index contributed by atoms with van der Waals surface area (Å²) in [5, 5.41) is 0. The van der Waals surface area contributed by atoms with E-state index in [4.69, 9.17) is 15.0 Å². The van der Waals surface area contributed by atoms with Crippen LogP contribution >= 0.6 is 0 Å². The average Bonchev–Trinajstić information content (AvgIpc) is 2.57. The Bertz CT molecular complexity index is 590. The average molecular weight is 314 g/mol. The van der Waals surface area contributed by atoms with Crippen molar-refractivity contribution in [1.82, 2.24) is 0 Å². The molecule has 0 atom stereocenters. The van der Waals surface area contributed by atoms with Crippen LogP contribution in [-0.4, -0.2) is 31.1 Å². The smallest absolute Gasteiger partial charge is 0.399 e. The van der Waals surface area contributed by atoms with Crippen molar-refractivity contribution in [3.63, 3.8) is 0 Å². The second-order valence-electron chi connectivity index (χ2n) is 6.12. The van der Waals surface area contributed by atoms with Crippen LogP contribution in [0.3, 0.4) is 0 Å². The molecule has 1 fully saturated rings. The lowest BCUT2D eigenvalue weighted by Gasteiger charge is -2.32. The molecule has 1 aliphatic rings. The van der Waals surface area contributed by atoms with Crippen molar-refractivity contribution in [3.8, 4) is 0 Å². The number of benzene rings is 1. The number of hydrogen-bond donors (Lipinski definition) is 1. The largest absolute Gasteiger partial charge is 0.497 e. The van der Waals surface area contributed by atoms with E-state index in [-0.39, 0.29) is 16.7 Å². The summed E-state index contributed by atoms with van der Waals surface area (Å²) in [5.41, 5.74) is 4.27. The number of nitrogens with zero attached hydrogens (tertiary/aromatic N) is 1. The van der Waals surface area contributed by atoms with Crippen LogP contribution in [0, 0.1) is 5.82 Å². The zero-order valence-corrected chi connectivity index (χ0v) is 12.9. The highest BCUT2D eigenvalue weighted by atomic mass is 19.3. The van der Waals surface area contributed by atoms with Gasteiger partial charge in [-0.15, -0.1) is 0 Å². The number of halogens is 3. The molecule has 1 aromatic carbocycles. The van der Waals surface area contributed by atoms with E-state index in [9.17, 15) is 13.2 Å². The van der Waals surface area contributed by atoms with Crippen LogP contribution in [-0.2, 0) is 9.31 Å². The third-order valence-electron chi connectivity index (χ3n) is 4.07. The summed E-state index contributed by atoms with van der Waals surface area (Å²) in [7, 11) is -0.940. The van der Waals surface area contributed by atoms with Crippen molar-refractivity contribution in [2.45, 2.75) is 45.4 Å². The predicted octanol–water partition coefficient (Wildman–Crippen LogP) is 2.35. The van der Waals surface area contributed by atoms with Gasteiger partial charge in [-0.25, -0.2) is 9.38 Å². The quantitative estimate of drug-likeness (QED) is 0.403. The molecule has 0 aliphatic carbocycles. The number of rotatable bonds is 3. The fraction of sp³-hybridized carbons (Fsp3) is 0.500. The molecular weight excluding hydrogens is 296 g/mol. The standard InChI is InChI=1S/C14H18BF3N2O2/c1-13(2)14(3,4)22-15(21-13)9-5-6-10(19)8(11(9)16)7-20-12(17)18/h5-7,12H,19H2,1-4H3/b20-7+. The molecular formula is C14H18BF3N2O2. The highest BCUT2D eigenvalue weighted by Crippen LogP contribution is 2.36. The van der Waals surface area contributed by atoms with Crippen LogP contribution in [0.5, 0.6) is 0 Å². The van der Waals surface area contributed by atoms with Gasteiger partial charge in [0.15, 0.2) is 0 Å². The highest BCUT2D eigenvalue weighted by molar-refractivity contribution is 6.62. The lowest BCUT2D eigenvalue weighted by molar-refractivity contribution is 0.00578. The van der Waals surface area contributed by atoms with E-state index in [1.165, 1.54) is 12.1 Å². The topological polar surface area (TPSA) is 56.8 Å².